The molecule has 0 unspecified atom stereocenters. The number of ether oxygens (including phenoxy) is 1. The fourth-order valence-corrected chi connectivity index (χ4v) is 3.34. The van der Waals surface area contributed by atoms with Crippen LogP contribution < -0.4 is 4.74 Å². The third-order valence-electron chi connectivity index (χ3n) is 2.38. The molecule has 2 nitrogen and oxygen atoms in total. The number of fused-ring (bicyclic) bond motifs is 1. The summed E-state index contributed by atoms with van der Waals surface area (Å²) in [5.74, 6) is 0.975. The maximum absolute atomic E-state index is 11.5. The van der Waals surface area contributed by atoms with E-state index in [4.69, 9.17) is 4.74 Å². The molecule has 0 aliphatic heterocycles. The maximum atomic E-state index is 11.5. The Hall–Kier alpha value is -0.350. The van der Waals surface area contributed by atoms with Gasteiger partial charge in [0.15, 0.2) is 5.78 Å². The van der Waals surface area contributed by atoms with Crippen molar-refractivity contribution in [3.63, 3.8) is 0 Å². The van der Waals surface area contributed by atoms with Gasteiger partial charge in [-0.15, -0.1) is 0 Å². The van der Waals surface area contributed by atoms with Crippen LogP contribution >= 0.6 is 31.9 Å². The van der Waals surface area contributed by atoms with Gasteiger partial charge in [0.05, 0.1) is 16.1 Å². The quantitative estimate of drug-likeness (QED) is 0.793. The van der Waals surface area contributed by atoms with E-state index >= 15 is 0 Å². The van der Waals surface area contributed by atoms with Gasteiger partial charge in [0, 0.05) is 12.0 Å². The monoisotopic (exact) mass is 318 g/mol. The summed E-state index contributed by atoms with van der Waals surface area (Å²) in [5, 5.41) is 0. The standard InChI is InChI=1S/C10H8Br2O2/c1-14-10-7(11)4-6-5(9(10)12)2-3-8(6)13/h4H,2-3H2,1H3. The SMILES string of the molecule is COc1c(Br)cc2c(c1Br)CCC2=O. The lowest BCUT2D eigenvalue weighted by Gasteiger charge is -2.09. The number of hydrogen-bond acceptors (Lipinski definition) is 2. The van der Waals surface area contributed by atoms with Gasteiger partial charge in [0.1, 0.15) is 5.75 Å². The zero-order valence-corrected chi connectivity index (χ0v) is 10.7. The number of hydrogen-bond donors (Lipinski definition) is 0. The highest BCUT2D eigenvalue weighted by Gasteiger charge is 2.25. The Morgan fingerprint density at radius 2 is 2.07 bits per heavy atom. The lowest BCUT2D eigenvalue weighted by Crippen LogP contribution is -1.95. The number of halogens is 2. The molecule has 1 aromatic carbocycles. The summed E-state index contributed by atoms with van der Waals surface area (Å²) in [6.07, 6.45) is 1.41. The highest BCUT2D eigenvalue weighted by molar-refractivity contribution is 9.11. The van der Waals surface area contributed by atoms with E-state index in [1.807, 2.05) is 6.07 Å². The Kier molecular flexibility index (Phi) is 2.66. The van der Waals surface area contributed by atoms with Gasteiger partial charge in [0.25, 0.3) is 0 Å². The van der Waals surface area contributed by atoms with Gasteiger partial charge >= 0.3 is 0 Å². The van der Waals surface area contributed by atoms with Gasteiger partial charge in [-0.25, -0.2) is 0 Å². The first kappa shape index (κ1) is 10.2. The third-order valence-corrected chi connectivity index (χ3v) is 3.81. The summed E-state index contributed by atoms with van der Waals surface area (Å²) in [4.78, 5) is 11.5. The Labute approximate surface area is 98.9 Å². The average Bonchev–Trinajstić information content (AvgIpc) is 2.49. The molecule has 0 spiro atoms. The summed E-state index contributed by atoms with van der Waals surface area (Å²) >= 11 is 6.84. The summed E-state index contributed by atoms with van der Waals surface area (Å²) < 4.78 is 6.95. The Morgan fingerprint density at radius 3 is 2.71 bits per heavy atom. The van der Waals surface area contributed by atoms with Crippen LogP contribution in [0.4, 0.5) is 0 Å². The summed E-state index contributed by atoms with van der Waals surface area (Å²) in [5.41, 5.74) is 1.87. The van der Waals surface area contributed by atoms with E-state index in [0.717, 1.165) is 32.2 Å². The minimum Gasteiger partial charge on any atom is -0.494 e. The minimum atomic E-state index is 0.212. The number of Topliss-reactive ketones (excluding diaryl/α,β-unsaturated/α-hetero) is 1. The second kappa shape index (κ2) is 3.66. The van der Waals surface area contributed by atoms with E-state index in [1.54, 1.807) is 7.11 Å². The van der Waals surface area contributed by atoms with Crippen LogP contribution in [0, 0.1) is 0 Å². The van der Waals surface area contributed by atoms with Crippen molar-refractivity contribution in [3.05, 3.63) is 26.1 Å². The molecule has 0 saturated heterocycles. The lowest BCUT2D eigenvalue weighted by atomic mass is 10.1. The lowest BCUT2D eigenvalue weighted by molar-refractivity contribution is 0.0994. The van der Waals surface area contributed by atoms with Crippen molar-refractivity contribution >= 4 is 37.6 Å². The number of benzene rings is 1. The zero-order chi connectivity index (χ0) is 10.3. The summed E-state index contributed by atoms with van der Waals surface area (Å²) in [6, 6.07) is 1.84. The first-order valence-electron chi connectivity index (χ1n) is 4.23. The number of carbonyl (C=O) groups is 1. The largest absolute Gasteiger partial charge is 0.494 e. The second-order valence-electron chi connectivity index (χ2n) is 3.15. The molecule has 0 amide bonds. The average molecular weight is 320 g/mol. The highest BCUT2D eigenvalue weighted by atomic mass is 79.9. The maximum Gasteiger partial charge on any atom is 0.163 e. The molecule has 0 N–H and O–H groups in total. The molecule has 0 atom stereocenters. The van der Waals surface area contributed by atoms with Crippen molar-refractivity contribution in [2.75, 3.05) is 7.11 Å². The van der Waals surface area contributed by atoms with Crippen LogP contribution in [0.3, 0.4) is 0 Å². The molecule has 0 fully saturated rings. The molecule has 1 aliphatic rings. The molecule has 14 heavy (non-hydrogen) atoms. The molecule has 0 radical (unpaired) electrons. The van der Waals surface area contributed by atoms with Gasteiger partial charge in [-0.3, -0.25) is 4.79 Å². The second-order valence-corrected chi connectivity index (χ2v) is 4.80. The van der Waals surface area contributed by atoms with E-state index in [0.29, 0.717) is 6.42 Å². The molecule has 1 aliphatic carbocycles. The van der Waals surface area contributed by atoms with Crippen LogP contribution in [-0.4, -0.2) is 12.9 Å². The van der Waals surface area contributed by atoms with Crippen LogP contribution in [0.2, 0.25) is 0 Å². The van der Waals surface area contributed by atoms with E-state index in [9.17, 15) is 4.79 Å². The Balaban J connectivity index is 2.68. The predicted octanol–water partition coefficient (Wildman–Crippen LogP) is 3.35. The topological polar surface area (TPSA) is 26.3 Å². The normalized spacial score (nSPS) is 14.4. The minimum absolute atomic E-state index is 0.212. The molecule has 2 rings (SSSR count). The molecule has 4 heteroatoms. The van der Waals surface area contributed by atoms with Crippen molar-refractivity contribution < 1.29 is 9.53 Å². The van der Waals surface area contributed by atoms with Crippen LogP contribution in [0.1, 0.15) is 22.3 Å². The van der Waals surface area contributed by atoms with E-state index < -0.39 is 0 Å². The fourth-order valence-electron chi connectivity index (χ4n) is 1.69. The number of carbonyl (C=O) groups excluding carboxylic acids is 1. The highest BCUT2D eigenvalue weighted by Crippen LogP contribution is 2.41. The number of methoxy groups -OCH3 is 1. The molecule has 0 heterocycles. The van der Waals surface area contributed by atoms with Gasteiger partial charge in [-0.05, 0) is 49.9 Å². The van der Waals surface area contributed by atoms with E-state index in [-0.39, 0.29) is 5.78 Å². The Bertz CT molecular complexity index is 413. The zero-order valence-electron chi connectivity index (χ0n) is 7.56. The molecule has 0 aromatic heterocycles. The molecular weight excluding hydrogens is 312 g/mol. The van der Waals surface area contributed by atoms with E-state index in [1.165, 1.54) is 0 Å². The van der Waals surface area contributed by atoms with Crippen molar-refractivity contribution in [2.24, 2.45) is 0 Å². The van der Waals surface area contributed by atoms with Crippen molar-refractivity contribution in [3.8, 4) is 5.75 Å². The summed E-state index contributed by atoms with van der Waals surface area (Å²) in [7, 11) is 1.62. The van der Waals surface area contributed by atoms with E-state index in [2.05, 4.69) is 31.9 Å². The fraction of sp³-hybridized carbons (Fsp3) is 0.300. The van der Waals surface area contributed by atoms with Crippen LogP contribution in [0.15, 0.2) is 15.0 Å². The van der Waals surface area contributed by atoms with Gasteiger partial charge in [-0.1, -0.05) is 0 Å². The van der Waals surface area contributed by atoms with Crippen LogP contribution in [0.25, 0.3) is 0 Å². The molecule has 1 aromatic rings. The van der Waals surface area contributed by atoms with Crippen LogP contribution in [-0.2, 0) is 6.42 Å². The molecule has 0 bridgehead atoms. The first-order chi connectivity index (χ1) is 6.65. The summed E-state index contributed by atoms with van der Waals surface area (Å²) in [6.45, 7) is 0. The first-order valence-corrected chi connectivity index (χ1v) is 5.81. The molecule has 74 valence electrons. The number of ketones is 1. The van der Waals surface area contributed by atoms with Crippen molar-refractivity contribution in [1.29, 1.82) is 0 Å². The predicted molar refractivity (Wildman–Crippen MR) is 61.0 cm³/mol. The van der Waals surface area contributed by atoms with Crippen molar-refractivity contribution in [2.45, 2.75) is 12.8 Å². The van der Waals surface area contributed by atoms with Gasteiger partial charge < -0.3 is 4.74 Å². The van der Waals surface area contributed by atoms with Gasteiger partial charge in [-0.2, -0.15) is 0 Å². The number of rotatable bonds is 1. The van der Waals surface area contributed by atoms with Crippen molar-refractivity contribution in [1.82, 2.24) is 0 Å². The molecule has 0 saturated carbocycles. The third kappa shape index (κ3) is 1.41. The Morgan fingerprint density at radius 1 is 1.36 bits per heavy atom. The van der Waals surface area contributed by atoms with Crippen LogP contribution in [0.5, 0.6) is 5.75 Å². The van der Waals surface area contributed by atoms with Gasteiger partial charge in [0.2, 0.25) is 0 Å². The molecular formula is C10H8Br2O2. The smallest absolute Gasteiger partial charge is 0.163 e.